The van der Waals surface area contributed by atoms with Crippen molar-refractivity contribution in [2.45, 2.75) is 44.4 Å². The number of carbonyl (C=O) groups excluding carboxylic acids is 1. The Kier molecular flexibility index (Phi) is 4.91. The molecule has 1 aliphatic heterocycles. The van der Waals surface area contributed by atoms with Crippen LogP contribution in [0.15, 0.2) is 54.9 Å². The minimum atomic E-state index is -3.00. The van der Waals surface area contributed by atoms with Crippen molar-refractivity contribution in [1.82, 2.24) is 19.3 Å². The Morgan fingerprint density at radius 1 is 1.14 bits per heavy atom. The van der Waals surface area contributed by atoms with E-state index in [-0.39, 0.29) is 23.6 Å². The summed E-state index contributed by atoms with van der Waals surface area (Å²) in [6.07, 6.45) is 4.20. The number of fused-ring (bicyclic) bond motifs is 9. The zero-order chi connectivity index (χ0) is 25.4. The molecule has 0 saturated heterocycles. The van der Waals surface area contributed by atoms with Gasteiger partial charge in [0, 0.05) is 47.6 Å². The molecular weight excluding hydrogens is 466 g/mol. The molecule has 9 heteroatoms. The van der Waals surface area contributed by atoms with Gasteiger partial charge in [-0.05, 0) is 50.6 Å². The number of aliphatic hydroxyl groups is 1. The number of benzene rings is 1. The Morgan fingerprint density at radius 3 is 2.61 bits per heavy atom. The van der Waals surface area contributed by atoms with Gasteiger partial charge in [-0.25, -0.2) is 4.98 Å². The quantitative estimate of drug-likeness (QED) is 0.441. The summed E-state index contributed by atoms with van der Waals surface area (Å²) in [6, 6.07) is 12.0. The Hall–Kier alpha value is -3.85. The summed E-state index contributed by atoms with van der Waals surface area (Å²) in [6.45, 7) is 0.363. The largest absolute Gasteiger partial charge is 0.434 e. The van der Waals surface area contributed by atoms with Crippen LogP contribution in [0.2, 0.25) is 0 Å². The molecule has 0 fully saturated rings. The summed E-state index contributed by atoms with van der Waals surface area (Å²) in [5, 5.41) is 10.2. The van der Waals surface area contributed by atoms with Crippen molar-refractivity contribution in [3.8, 4) is 16.9 Å². The molecule has 2 aliphatic rings. The average molecular weight is 491 g/mol. The van der Waals surface area contributed by atoms with Gasteiger partial charge in [-0.15, -0.1) is 0 Å². The predicted octanol–water partition coefficient (Wildman–Crippen LogP) is 4.89. The van der Waals surface area contributed by atoms with Crippen molar-refractivity contribution >= 4 is 11.6 Å². The van der Waals surface area contributed by atoms with E-state index in [9.17, 15) is 18.7 Å². The van der Waals surface area contributed by atoms with Gasteiger partial charge in [-0.3, -0.25) is 9.78 Å². The van der Waals surface area contributed by atoms with Crippen molar-refractivity contribution < 1.29 is 23.4 Å². The van der Waals surface area contributed by atoms with Crippen LogP contribution in [0.3, 0.4) is 0 Å². The fraction of sp³-hybridized carbons (Fsp3) is 0.296. The standard InChI is InChI=1S/C27H24F2N4O3/c1-27(2,35)20-9-7-14(12-30-20)15-8-10-21-31-23-18-11-17(24(23)33(21)13-15)22-16(25(34)32(18)3)5-4-6-19(22)36-26(28)29/h4-10,12-13,17-18,26,35H,11H2,1-3H3. The Labute approximate surface area is 206 Å². The van der Waals surface area contributed by atoms with Crippen molar-refractivity contribution in [3.63, 3.8) is 0 Å². The van der Waals surface area contributed by atoms with Gasteiger partial charge in [0.25, 0.3) is 5.91 Å². The molecule has 3 aromatic heterocycles. The number of hydrogen-bond acceptors (Lipinski definition) is 5. The van der Waals surface area contributed by atoms with Crippen LogP contribution in [0.5, 0.6) is 5.75 Å². The second-order valence-electron chi connectivity index (χ2n) is 9.84. The molecule has 36 heavy (non-hydrogen) atoms. The molecule has 1 amide bonds. The van der Waals surface area contributed by atoms with Crippen LogP contribution in [0, 0.1) is 0 Å². The van der Waals surface area contributed by atoms with E-state index in [1.807, 2.05) is 28.8 Å². The highest BCUT2D eigenvalue weighted by Gasteiger charge is 2.46. The first-order valence-electron chi connectivity index (χ1n) is 11.7. The Morgan fingerprint density at radius 2 is 1.92 bits per heavy atom. The van der Waals surface area contributed by atoms with E-state index in [0.29, 0.717) is 28.9 Å². The molecule has 6 rings (SSSR count). The molecule has 1 aromatic carbocycles. The summed E-state index contributed by atoms with van der Waals surface area (Å²) in [4.78, 5) is 24.1. The van der Waals surface area contributed by atoms with E-state index >= 15 is 0 Å². The van der Waals surface area contributed by atoms with Crippen molar-refractivity contribution in [3.05, 3.63) is 83.1 Å². The minimum Gasteiger partial charge on any atom is -0.434 e. The van der Waals surface area contributed by atoms with Gasteiger partial charge in [0.1, 0.15) is 17.0 Å². The second kappa shape index (κ2) is 7.83. The van der Waals surface area contributed by atoms with Crippen molar-refractivity contribution in [1.29, 1.82) is 0 Å². The monoisotopic (exact) mass is 490 g/mol. The molecule has 2 atom stereocenters. The zero-order valence-electron chi connectivity index (χ0n) is 19.9. The highest BCUT2D eigenvalue weighted by Crippen LogP contribution is 2.52. The first kappa shape index (κ1) is 22.6. The molecule has 7 nitrogen and oxygen atoms in total. The third-order valence-corrected chi connectivity index (χ3v) is 7.16. The molecule has 2 unspecified atom stereocenters. The SMILES string of the molecule is CN1C(=O)c2cccc(OC(F)F)c2C2CC1c1nc3ccc(-c4ccc(C(C)(C)O)nc4)cn3c12. The number of aromatic nitrogens is 3. The summed E-state index contributed by atoms with van der Waals surface area (Å²) < 4.78 is 33.4. The lowest BCUT2D eigenvalue weighted by molar-refractivity contribution is -0.0506. The first-order valence-corrected chi connectivity index (χ1v) is 11.7. The van der Waals surface area contributed by atoms with Crippen LogP contribution >= 0.6 is 0 Å². The van der Waals surface area contributed by atoms with Crippen LogP contribution in [-0.2, 0) is 5.60 Å². The maximum absolute atomic E-state index is 13.3. The van der Waals surface area contributed by atoms with Crippen LogP contribution < -0.4 is 4.74 Å². The minimum absolute atomic E-state index is 0.0141. The number of nitrogens with zero attached hydrogens (tertiary/aromatic N) is 4. The topological polar surface area (TPSA) is 80.0 Å². The summed E-state index contributed by atoms with van der Waals surface area (Å²) in [5.41, 5.74) is 4.44. The predicted molar refractivity (Wildman–Crippen MR) is 128 cm³/mol. The lowest BCUT2D eigenvalue weighted by Crippen LogP contribution is -2.30. The van der Waals surface area contributed by atoms with E-state index in [4.69, 9.17) is 9.72 Å². The number of halogens is 2. The number of alkyl halides is 2. The number of amides is 1. The van der Waals surface area contributed by atoms with E-state index in [1.165, 1.54) is 6.07 Å². The molecule has 1 N–H and O–H groups in total. The lowest BCUT2D eigenvalue weighted by atomic mass is 9.91. The van der Waals surface area contributed by atoms with Gasteiger partial charge in [-0.2, -0.15) is 8.78 Å². The van der Waals surface area contributed by atoms with Gasteiger partial charge in [-0.1, -0.05) is 12.1 Å². The smallest absolute Gasteiger partial charge is 0.387 e. The summed E-state index contributed by atoms with van der Waals surface area (Å²) in [5.74, 6) is -0.566. The van der Waals surface area contributed by atoms with Gasteiger partial charge < -0.3 is 19.1 Å². The van der Waals surface area contributed by atoms with E-state index in [1.54, 1.807) is 50.2 Å². The molecule has 0 spiro atoms. The first-order chi connectivity index (χ1) is 17.1. The normalized spacial score (nSPS) is 19.0. The van der Waals surface area contributed by atoms with Crippen molar-refractivity contribution in [2.75, 3.05) is 7.05 Å². The van der Waals surface area contributed by atoms with E-state index in [0.717, 1.165) is 22.5 Å². The highest BCUT2D eigenvalue weighted by molar-refractivity contribution is 5.98. The third kappa shape index (κ3) is 3.37. The molecule has 0 saturated carbocycles. The Bertz CT molecular complexity index is 1510. The van der Waals surface area contributed by atoms with Gasteiger partial charge in [0.2, 0.25) is 0 Å². The van der Waals surface area contributed by atoms with Crippen LogP contribution in [-0.4, -0.2) is 43.9 Å². The molecule has 4 aromatic rings. The van der Waals surface area contributed by atoms with Crippen LogP contribution in [0.25, 0.3) is 16.8 Å². The zero-order valence-corrected chi connectivity index (χ0v) is 19.9. The fourth-order valence-corrected chi connectivity index (χ4v) is 5.43. The van der Waals surface area contributed by atoms with Gasteiger partial charge in [0.15, 0.2) is 0 Å². The highest BCUT2D eigenvalue weighted by atomic mass is 19.3. The number of carbonyl (C=O) groups is 1. The third-order valence-electron chi connectivity index (χ3n) is 7.16. The second-order valence-corrected chi connectivity index (χ2v) is 9.84. The maximum atomic E-state index is 13.3. The number of pyridine rings is 2. The molecule has 184 valence electrons. The van der Waals surface area contributed by atoms with Crippen LogP contribution in [0.4, 0.5) is 8.78 Å². The van der Waals surface area contributed by atoms with Gasteiger partial charge >= 0.3 is 6.61 Å². The maximum Gasteiger partial charge on any atom is 0.387 e. The number of hydrogen-bond donors (Lipinski definition) is 1. The average Bonchev–Trinajstić information content (AvgIpc) is 3.36. The molecule has 4 heterocycles. The summed E-state index contributed by atoms with van der Waals surface area (Å²) in [7, 11) is 1.72. The van der Waals surface area contributed by atoms with E-state index < -0.39 is 12.2 Å². The van der Waals surface area contributed by atoms with E-state index in [2.05, 4.69) is 4.98 Å². The van der Waals surface area contributed by atoms with Gasteiger partial charge in [0.05, 0.1) is 23.1 Å². The van der Waals surface area contributed by atoms with Crippen molar-refractivity contribution in [2.24, 2.45) is 0 Å². The molecular formula is C27H24F2N4O3. The molecule has 2 bridgehead atoms. The number of ether oxygens (including phenoxy) is 1. The summed E-state index contributed by atoms with van der Waals surface area (Å²) >= 11 is 0. The fourth-order valence-electron chi connectivity index (χ4n) is 5.43. The molecule has 0 radical (unpaired) electrons. The van der Waals surface area contributed by atoms with Crippen LogP contribution in [0.1, 0.15) is 65.2 Å². The number of rotatable bonds is 4. The Balaban J connectivity index is 1.52. The molecule has 1 aliphatic carbocycles. The lowest BCUT2D eigenvalue weighted by Gasteiger charge is -2.24. The number of imidazole rings is 1.